The molecule has 8 heteroatoms. The van der Waals surface area contributed by atoms with Crippen LogP contribution in [0.2, 0.25) is 0 Å². The van der Waals surface area contributed by atoms with Crippen molar-refractivity contribution in [1.82, 2.24) is 9.78 Å². The molecule has 2 rings (SSSR count). The Kier molecular flexibility index (Phi) is 6.38. The lowest BCUT2D eigenvalue weighted by molar-refractivity contribution is -0.122. The van der Waals surface area contributed by atoms with Crippen molar-refractivity contribution in [3.05, 3.63) is 51.9 Å². The molecule has 0 spiro atoms. The molecule has 0 fully saturated rings. The SMILES string of the molecule is CCOC(=O)c1nn(-c2ccc(C)cc2)c(=O)cc1NC(=O)C(C)(C)CCl. The van der Waals surface area contributed by atoms with Crippen LogP contribution in [0.15, 0.2) is 35.1 Å². The molecule has 0 saturated heterocycles. The predicted octanol–water partition coefficient (Wildman–Crippen LogP) is 2.92. The Hall–Kier alpha value is -2.67. The first-order chi connectivity index (χ1) is 12.7. The summed E-state index contributed by atoms with van der Waals surface area (Å²) >= 11 is 5.82. The maximum absolute atomic E-state index is 12.5. The topological polar surface area (TPSA) is 90.3 Å². The van der Waals surface area contributed by atoms with Crippen LogP contribution < -0.4 is 10.9 Å². The summed E-state index contributed by atoms with van der Waals surface area (Å²) in [6.07, 6.45) is 0. The Labute approximate surface area is 162 Å². The number of aryl methyl sites for hydroxylation is 1. The van der Waals surface area contributed by atoms with Gasteiger partial charge in [0.1, 0.15) is 0 Å². The van der Waals surface area contributed by atoms with E-state index in [9.17, 15) is 14.4 Å². The molecule has 7 nitrogen and oxygen atoms in total. The molecular weight excluding hydrogens is 370 g/mol. The van der Waals surface area contributed by atoms with E-state index < -0.39 is 22.9 Å². The first-order valence-corrected chi connectivity index (χ1v) is 8.99. The van der Waals surface area contributed by atoms with Gasteiger partial charge in [-0.25, -0.2) is 4.79 Å². The zero-order valence-corrected chi connectivity index (χ0v) is 16.5. The Morgan fingerprint density at radius 2 is 1.89 bits per heavy atom. The molecule has 0 unspecified atom stereocenters. The number of hydrogen-bond acceptors (Lipinski definition) is 5. The number of aromatic nitrogens is 2. The highest BCUT2D eigenvalue weighted by Gasteiger charge is 2.29. The van der Waals surface area contributed by atoms with E-state index in [0.29, 0.717) is 5.69 Å². The highest BCUT2D eigenvalue weighted by Crippen LogP contribution is 2.21. The number of rotatable bonds is 6. The number of carbonyl (C=O) groups is 2. The Bertz CT molecular complexity index is 904. The van der Waals surface area contributed by atoms with E-state index >= 15 is 0 Å². The largest absolute Gasteiger partial charge is 0.461 e. The number of benzene rings is 1. The van der Waals surface area contributed by atoms with Crippen LogP contribution >= 0.6 is 11.6 Å². The molecule has 2 aromatic rings. The lowest BCUT2D eigenvalue weighted by atomic mass is 9.95. The maximum Gasteiger partial charge on any atom is 0.360 e. The van der Waals surface area contributed by atoms with E-state index in [0.717, 1.165) is 16.3 Å². The summed E-state index contributed by atoms with van der Waals surface area (Å²) in [5.74, 6) is -1.10. The second-order valence-electron chi connectivity index (χ2n) is 6.68. The van der Waals surface area contributed by atoms with Gasteiger partial charge in [0, 0.05) is 11.9 Å². The third-order valence-corrected chi connectivity index (χ3v) is 4.54. The summed E-state index contributed by atoms with van der Waals surface area (Å²) < 4.78 is 6.11. The number of amides is 1. The summed E-state index contributed by atoms with van der Waals surface area (Å²) in [5, 5.41) is 6.70. The van der Waals surface area contributed by atoms with Crippen LogP contribution in [0.25, 0.3) is 5.69 Å². The van der Waals surface area contributed by atoms with Crippen LogP contribution in [0.3, 0.4) is 0 Å². The number of esters is 1. The first kappa shape index (κ1) is 20.6. The zero-order chi connectivity index (χ0) is 20.2. The Morgan fingerprint density at radius 1 is 1.26 bits per heavy atom. The molecule has 0 radical (unpaired) electrons. The van der Waals surface area contributed by atoms with Crippen LogP contribution in [0.4, 0.5) is 5.69 Å². The molecule has 144 valence electrons. The van der Waals surface area contributed by atoms with Gasteiger partial charge in [0.05, 0.1) is 23.4 Å². The number of anilines is 1. The minimum Gasteiger partial charge on any atom is -0.461 e. The van der Waals surface area contributed by atoms with Crippen molar-refractivity contribution in [3.8, 4) is 5.69 Å². The van der Waals surface area contributed by atoms with Crippen molar-refractivity contribution in [2.75, 3.05) is 17.8 Å². The minimum absolute atomic E-state index is 0.00926. The predicted molar refractivity (Wildman–Crippen MR) is 104 cm³/mol. The van der Waals surface area contributed by atoms with E-state index in [1.165, 1.54) is 0 Å². The molecule has 1 aromatic heterocycles. The normalized spacial score (nSPS) is 11.1. The van der Waals surface area contributed by atoms with Gasteiger partial charge in [-0.15, -0.1) is 11.6 Å². The van der Waals surface area contributed by atoms with Gasteiger partial charge >= 0.3 is 5.97 Å². The molecule has 0 aliphatic carbocycles. The third-order valence-electron chi connectivity index (χ3n) is 3.88. The fraction of sp³-hybridized carbons (Fsp3) is 0.368. The van der Waals surface area contributed by atoms with Crippen molar-refractivity contribution in [1.29, 1.82) is 0 Å². The number of halogens is 1. The van der Waals surface area contributed by atoms with Crippen LogP contribution in [-0.4, -0.2) is 34.1 Å². The van der Waals surface area contributed by atoms with Crippen LogP contribution in [0, 0.1) is 12.3 Å². The summed E-state index contributed by atoms with van der Waals surface area (Å²) in [5.41, 5.74) is -0.0365. The lowest BCUT2D eigenvalue weighted by Crippen LogP contribution is -2.34. The summed E-state index contributed by atoms with van der Waals surface area (Å²) in [7, 11) is 0. The molecule has 0 saturated carbocycles. The maximum atomic E-state index is 12.5. The van der Waals surface area contributed by atoms with Crippen molar-refractivity contribution in [2.45, 2.75) is 27.7 Å². The number of ether oxygens (including phenoxy) is 1. The fourth-order valence-electron chi connectivity index (χ4n) is 2.12. The molecule has 0 bridgehead atoms. The molecule has 1 N–H and O–H groups in total. The van der Waals surface area contributed by atoms with Crippen LogP contribution in [-0.2, 0) is 9.53 Å². The van der Waals surface area contributed by atoms with Crippen LogP contribution in [0.1, 0.15) is 36.8 Å². The van der Waals surface area contributed by atoms with E-state index in [2.05, 4.69) is 10.4 Å². The number of carbonyl (C=O) groups excluding carboxylic acids is 2. The van der Waals surface area contributed by atoms with Gasteiger partial charge in [0.25, 0.3) is 5.56 Å². The summed E-state index contributed by atoms with van der Waals surface area (Å²) in [6, 6.07) is 8.24. The second-order valence-corrected chi connectivity index (χ2v) is 6.95. The molecule has 1 heterocycles. The van der Waals surface area contributed by atoms with Gasteiger partial charge in [-0.05, 0) is 39.8 Å². The third kappa shape index (κ3) is 4.74. The molecule has 1 amide bonds. The van der Waals surface area contributed by atoms with E-state index in [-0.39, 0.29) is 23.9 Å². The monoisotopic (exact) mass is 391 g/mol. The van der Waals surface area contributed by atoms with Gasteiger partial charge in [0.2, 0.25) is 5.91 Å². The molecule has 1 aromatic carbocycles. The molecule has 0 aliphatic heterocycles. The Balaban J connectivity index is 2.55. The second kappa shape index (κ2) is 8.35. The lowest BCUT2D eigenvalue weighted by Gasteiger charge is -2.21. The Morgan fingerprint density at radius 3 is 2.44 bits per heavy atom. The van der Waals surface area contributed by atoms with Crippen molar-refractivity contribution >= 4 is 29.2 Å². The summed E-state index contributed by atoms with van der Waals surface area (Å²) in [4.78, 5) is 37.3. The van der Waals surface area contributed by atoms with E-state index in [1.54, 1.807) is 32.9 Å². The standard InChI is InChI=1S/C19H22ClN3O4/c1-5-27-17(25)16-14(21-18(26)19(3,4)11-20)10-15(24)23(22-16)13-8-6-12(2)7-9-13/h6-10H,5,11H2,1-4H3,(H,21,26). The molecule has 27 heavy (non-hydrogen) atoms. The number of nitrogens with zero attached hydrogens (tertiary/aromatic N) is 2. The number of alkyl halides is 1. The first-order valence-electron chi connectivity index (χ1n) is 8.45. The van der Waals surface area contributed by atoms with E-state index in [4.69, 9.17) is 16.3 Å². The fourth-order valence-corrected chi connectivity index (χ4v) is 2.25. The van der Waals surface area contributed by atoms with Gasteiger partial charge in [-0.3, -0.25) is 9.59 Å². The minimum atomic E-state index is -0.890. The molecule has 0 atom stereocenters. The van der Waals surface area contributed by atoms with Crippen LogP contribution in [0.5, 0.6) is 0 Å². The van der Waals surface area contributed by atoms with Crippen molar-refractivity contribution in [3.63, 3.8) is 0 Å². The van der Waals surface area contributed by atoms with Gasteiger partial charge < -0.3 is 10.1 Å². The number of hydrogen-bond donors (Lipinski definition) is 1. The van der Waals surface area contributed by atoms with Gasteiger partial charge in [-0.2, -0.15) is 9.78 Å². The van der Waals surface area contributed by atoms with Gasteiger partial charge in [-0.1, -0.05) is 17.7 Å². The highest BCUT2D eigenvalue weighted by molar-refractivity contribution is 6.20. The average Bonchev–Trinajstić information content (AvgIpc) is 2.63. The zero-order valence-electron chi connectivity index (χ0n) is 15.7. The highest BCUT2D eigenvalue weighted by atomic mass is 35.5. The van der Waals surface area contributed by atoms with Crippen molar-refractivity contribution < 1.29 is 14.3 Å². The number of nitrogens with one attached hydrogen (secondary N) is 1. The molecule has 0 aliphatic rings. The molecular formula is C19H22ClN3O4. The van der Waals surface area contributed by atoms with Crippen molar-refractivity contribution in [2.24, 2.45) is 5.41 Å². The summed E-state index contributed by atoms with van der Waals surface area (Å²) in [6.45, 7) is 7.01. The van der Waals surface area contributed by atoms with Gasteiger partial charge in [0.15, 0.2) is 5.69 Å². The quantitative estimate of drug-likeness (QED) is 0.604. The van der Waals surface area contributed by atoms with E-state index in [1.807, 2.05) is 19.1 Å². The smallest absolute Gasteiger partial charge is 0.360 e. The average molecular weight is 392 g/mol.